The van der Waals surface area contributed by atoms with E-state index in [1.54, 1.807) is 19.1 Å². The number of rotatable bonds is 3. The first-order chi connectivity index (χ1) is 6.85. The second-order valence-electron chi connectivity index (χ2n) is 3.25. The highest BCUT2D eigenvalue weighted by Crippen LogP contribution is 2.41. The molecule has 1 atom stereocenters. The Kier molecular flexibility index (Phi) is 3.60. The van der Waals surface area contributed by atoms with Crippen molar-refractivity contribution in [3.05, 3.63) is 35.4 Å². The summed E-state index contributed by atoms with van der Waals surface area (Å²) >= 11 is 5.32. The van der Waals surface area contributed by atoms with Gasteiger partial charge < -0.3 is 0 Å². The molecule has 0 radical (unpaired) electrons. The van der Waals surface area contributed by atoms with Gasteiger partial charge in [-0.25, -0.2) is 8.78 Å². The Morgan fingerprint density at radius 3 is 2.00 bits per heavy atom. The van der Waals surface area contributed by atoms with Crippen LogP contribution in [-0.4, -0.2) is 12.3 Å². The van der Waals surface area contributed by atoms with Crippen molar-refractivity contribution in [3.63, 3.8) is 0 Å². The van der Waals surface area contributed by atoms with Crippen molar-refractivity contribution >= 4 is 11.6 Å². The van der Waals surface area contributed by atoms with Crippen LogP contribution in [-0.2, 0) is 0 Å². The Bertz CT molecular complexity index is 321. The number of halogens is 5. The Morgan fingerprint density at radius 1 is 1.13 bits per heavy atom. The van der Waals surface area contributed by atoms with E-state index < -0.39 is 17.7 Å². The van der Waals surface area contributed by atoms with Gasteiger partial charge in [0.15, 0.2) is 0 Å². The van der Waals surface area contributed by atoms with Crippen molar-refractivity contribution in [1.29, 1.82) is 0 Å². The van der Waals surface area contributed by atoms with Gasteiger partial charge in [-0.15, -0.1) is 11.6 Å². The molecule has 1 aromatic carbocycles. The molecule has 0 aromatic heterocycles. The molecule has 0 aliphatic carbocycles. The third kappa shape index (κ3) is 2.62. The summed E-state index contributed by atoms with van der Waals surface area (Å²) < 4.78 is 49.7. The molecular formula is C10H9ClF4. The van der Waals surface area contributed by atoms with E-state index in [1.807, 2.05) is 0 Å². The van der Waals surface area contributed by atoms with Gasteiger partial charge in [0, 0.05) is 0 Å². The Balaban J connectivity index is 2.94. The van der Waals surface area contributed by atoms with Crippen LogP contribution in [0.1, 0.15) is 16.5 Å². The number of benzene rings is 1. The molecule has 1 rings (SSSR count). The van der Waals surface area contributed by atoms with Crippen LogP contribution in [0.15, 0.2) is 24.3 Å². The van der Waals surface area contributed by atoms with Gasteiger partial charge in [-0.05, 0) is 12.5 Å². The zero-order valence-electron chi connectivity index (χ0n) is 7.85. The van der Waals surface area contributed by atoms with Crippen LogP contribution in [0.4, 0.5) is 17.6 Å². The summed E-state index contributed by atoms with van der Waals surface area (Å²) in [6, 6.07) is 5.74. The first-order valence-electron chi connectivity index (χ1n) is 4.22. The van der Waals surface area contributed by atoms with Crippen LogP contribution in [0.2, 0.25) is 0 Å². The average Bonchev–Trinajstić information content (AvgIpc) is 2.17. The van der Waals surface area contributed by atoms with Crippen molar-refractivity contribution < 1.29 is 17.6 Å². The molecule has 15 heavy (non-hydrogen) atoms. The van der Waals surface area contributed by atoms with Crippen LogP contribution in [0, 0.1) is 6.92 Å². The lowest BCUT2D eigenvalue weighted by molar-refractivity contribution is -0.130. The summed E-state index contributed by atoms with van der Waals surface area (Å²) in [6.45, 7) is 1.76. The van der Waals surface area contributed by atoms with E-state index in [4.69, 9.17) is 11.6 Å². The molecular weight excluding hydrogens is 232 g/mol. The van der Waals surface area contributed by atoms with Crippen molar-refractivity contribution in [2.24, 2.45) is 0 Å². The zero-order chi connectivity index (χ0) is 11.6. The van der Waals surface area contributed by atoms with E-state index in [2.05, 4.69) is 0 Å². The number of hydrogen-bond donors (Lipinski definition) is 0. The van der Waals surface area contributed by atoms with Crippen molar-refractivity contribution in [2.45, 2.75) is 24.6 Å². The molecule has 0 saturated heterocycles. The van der Waals surface area contributed by atoms with Crippen molar-refractivity contribution in [1.82, 2.24) is 0 Å². The fourth-order valence-electron chi connectivity index (χ4n) is 1.07. The normalized spacial score (nSPS) is 14.3. The van der Waals surface area contributed by atoms with E-state index in [9.17, 15) is 17.6 Å². The van der Waals surface area contributed by atoms with E-state index in [1.165, 1.54) is 12.1 Å². The highest BCUT2D eigenvalue weighted by molar-refractivity contribution is 6.21. The Hall–Kier alpha value is -0.770. The summed E-state index contributed by atoms with van der Waals surface area (Å²) in [5.74, 6) is -4.21. The quantitative estimate of drug-likeness (QED) is 0.549. The van der Waals surface area contributed by atoms with E-state index in [0.29, 0.717) is 0 Å². The van der Waals surface area contributed by atoms with Gasteiger partial charge in [0.2, 0.25) is 0 Å². The molecule has 84 valence electrons. The summed E-state index contributed by atoms with van der Waals surface area (Å²) in [6.07, 6.45) is -3.76. The average molecular weight is 241 g/mol. The topological polar surface area (TPSA) is 0 Å². The molecule has 0 amide bonds. The highest BCUT2D eigenvalue weighted by atomic mass is 35.5. The number of alkyl halides is 5. The monoisotopic (exact) mass is 240 g/mol. The van der Waals surface area contributed by atoms with Gasteiger partial charge in [-0.1, -0.05) is 29.8 Å². The van der Waals surface area contributed by atoms with Gasteiger partial charge in [0.05, 0.1) is 0 Å². The summed E-state index contributed by atoms with van der Waals surface area (Å²) in [5.41, 5.74) is 0.843. The third-order valence-corrected chi connectivity index (χ3v) is 2.54. The van der Waals surface area contributed by atoms with Gasteiger partial charge in [0.25, 0.3) is 0 Å². The van der Waals surface area contributed by atoms with Gasteiger partial charge in [-0.2, -0.15) is 8.78 Å². The van der Waals surface area contributed by atoms with Gasteiger partial charge in [-0.3, -0.25) is 0 Å². The maximum atomic E-state index is 12.8. The molecule has 0 saturated carbocycles. The molecule has 0 fully saturated rings. The van der Waals surface area contributed by atoms with Crippen LogP contribution in [0.25, 0.3) is 0 Å². The first-order valence-corrected chi connectivity index (χ1v) is 4.66. The predicted octanol–water partition coefficient (Wildman–Crippen LogP) is 4.18. The fraction of sp³-hybridized carbons (Fsp3) is 0.400. The van der Waals surface area contributed by atoms with Crippen LogP contribution in [0.3, 0.4) is 0 Å². The minimum atomic E-state index is -4.21. The molecule has 1 unspecified atom stereocenters. The fourth-order valence-corrected chi connectivity index (χ4v) is 1.31. The minimum absolute atomic E-state index is 0.00688. The summed E-state index contributed by atoms with van der Waals surface area (Å²) in [7, 11) is 0. The van der Waals surface area contributed by atoms with Gasteiger partial charge >= 0.3 is 12.3 Å². The smallest absolute Gasteiger partial charge is 0.204 e. The molecule has 0 spiro atoms. The summed E-state index contributed by atoms with van der Waals surface area (Å²) in [5, 5.41) is -2.00. The van der Waals surface area contributed by atoms with E-state index >= 15 is 0 Å². The molecule has 0 aliphatic heterocycles. The third-order valence-electron chi connectivity index (χ3n) is 2.00. The molecule has 1 aromatic rings. The molecule has 0 N–H and O–H groups in total. The molecule has 5 heteroatoms. The molecule has 0 aliphatic rings. The van der Waals surface area contributed by atoms with E-state index in [-0.39, 0.29) is 5.56 Å². The largest absolute Gasteiger partial charge is 0.327 e. The standard InChI is InChI=1S/C10H9ClF4/c1-6-2-4-7(5-3-6)8(11)10(14,15)9(12)13/h2-5,8-9H,1H3. The van der Waals surface area contributed by atoms with Gasteiger partial charge in [0.1, 0.15) is 5.38 Å². The maximum absolute atomic E-state index is 12.8. The van der Waals surface area contributed by atoms with Crippen LogP contribution < -0.4 is 0 Å². The molecule has 0 heterocycles. The number of aryl methyl sites for hydroxylation is 1. The maximum Gasteiger partial charge on any atom is 0.327 e. The molecule has 0 bridgehead atoms. The van der Waals surface area contributed by atoms with Crippen molar-refractivity contribution in [3.8, 4) is 0 Å². The lowest BCUT2D eigenvalue weighted by atomic mass is 10.1. The van der Waals surface area contributed by atoms with Crippen LogP contribution >= 0.6 is 11.6 Å². The van der Waals surface area contributed by atoms with E-state index in [0.717, 1.165) is 5.56 Å². The Labute approximate surface area is 89.9 Å². The zero-order valence-corrected chi connectivity index (χ0v) is 8.61. The lowest BCUT2D eigenvalue weighted by Gasteiger charge is -2.21. The molecule has 0 nitrogen and oxygen atoms in total. The lowest BCUT2D eigenvalue weighted by Crippen LogP contribution is -2.31. The second-order valence-corrected chi connectivity index (χ2v) is 3.68. The predicted molar refractivity (Wildman–Crippen MR) is 50.7 cm³/mol. The Morgan fingerprint density at radius 2 is 1.60 bits per heavy atom. The SMILES string of the molecule is Cc1ccc(C(Cl)C(F)(F)C(F)F)cc1. The second kappa shape index (κ2) is 4.39. The first kappa shape index (κ1) is 12.3. The minimum Gasteiger partial charge on any atom is -0.204 e. The number of hydrogen-bond acceptors (Lipinski definition) is 0. The summed E-state index contributed by atoms with van der Waals surface area (Å²) in [4.78, 5) is 0. The van der Waals surface area contributed by atoms with Crippen molar-refractivity contribution in [2.75, 3.05) is 0 Å². The highest BCUT2D eigenvalue weighted by Gasteiger charge is 2.48. The van der Waals surface area contributed by atoms with Crippen LogP contribution in [0.5, 0.6) is 0 Å².